The van der Waals surface area contributed by atoms with Gasteiger partial charge in [0.1, 0.15) is 6.61 Å². The maximum Gasteiger partial charge on any atom is 0.203 e. The van der Waals surface area contributed by atoms with Crippen molar-refractivity contribution < 1.29 is 23.7 Å². The van der Waals surface area contributed by atoms with Gasteiger partial charge in [-0.3, -0.25) is 0 Å². The van der Waals surface area contributed by atoms with Crippen molar-refractivity contribution in [2.75, 3.05) is 33.9 Å². The minimum absolute atomic E-state index is 0.173. The van der Waals surface area contributed by atoms with Crippen LogP contribution in [0.15, 0.2) is 66.7 Å². The molecular formula is C27H31NO5. The maximum atomic E-state index is 6.36. The van der Waals surface area contributed by atoms with Crippen LogP contribution in [-0.2, 0) is 6.42 Å². The molecule has 0 amide bonds. The van der Waals surface area contributed by atoms with Gasteiger partial charge in [-0.1, -0.05) is 49.4 Å². The Balaban J connectivity index is 1.39. The molecule has 33 heavy (non-hydrogen) atoms. The van der Waals surface area contributed by atoms with E-state index in [9.17, 15) is 0 Å². The number of rotatable bonds is 10. The third-order valence-corrected chi connectivity index (χ3v) is 5.69. The standard InChI is InChI=1S/C27H31NO5/c1-4-19-12-14-20(15-13-19)26-25(32-21-8-5-6-9-22(21)33-26)18-28-16-17-31-27-23(29-2)10-7-11-24(27)30-3/h5-15,25-26,28H,4,16-18H2,1-3H3/t25-,26+/m1/s1. The summed E-state index contributed by atoms with van der Waals surface area (Å²) in [6.07, 6.45) is 0.634. The van der Waals surface area contributed by atoms with Crippen molar-refractivity contribution in [2.45, 2.75) is 25.6 Å². The van der Waals surface area contributed by atoms with Crippen LogP contribution in [0.1, 0.15) is 24.2 Å². The molecule has 0 bridgehead atoms. The molecule has 0 unspecified atom stereocenters. The summed E-state index contributed by atoms with van der Waals surface area (Å²) in [5.41, 5.74) is 2.40. The molecule has 1 aliphatic rings. The van der Waals surface area contributed by atoms with Crippen molar-refractivity contribution in [3.63, 3.8) is 0 Å². The second kappa shape index (κ2) is 11.0. The summed E-state index contributed by atoms with van der Waals surface area (Å²) in [6.45, 7) is 3.85. The predicted molar refractivity (Wildman–Crippen MR) is 128 cm³/mol. The Bertz CT molecular complexity index is 1010. The fourth-order valence-electron chi connectivity index (χ4n) is 3.89. The molecule has 0 aromatic heterocycles. The van der Waals surface area contributed by atoms with E-state index in [0.717, 1.165) is 23.5 Å². The summed E-state index contributed by atoms with van der Waals surface area (Å²) >= 11 is 0. The minimum atomic E-state index is -0.200. The smallest absolute Gasteiger partial charge is 0.203 e. The Labute approximate surface area is 195 Å². The molecule has 1 heterocycles. The van der Waals surface area contributed by atoms with Crippen molar-refractivity contribution in [3.05, 3.63) is 77.9 Å². The van der Waals surface area contributed by atoms with Crippen LogP contribution in [0.25, 0.3) is 0 Å². The number of aryl methyl sites for hydroxylation is 1. The quantitative estimate of drug-likeness (QED) is 0.448. The van der Waals surface area contributed by atoms with Crippen molar-refractivity contribution in [3.8, 4) is 28.7 Å². The van der Waals surface area contributed by atoms with Gasteiger partial charge in [0, 0.05) is 13.1 Å². The first-order valence-electron chi connectivity index (χ1n) is 11.3. The average Bonchev–Trinajstić information content (AvgIpc) is 2.88. The first-order chi connectivity index (χ1) is 16.2. The summed E-state index contributed by atoms with van der Waals surface area (Å²) in [7, 11) is 3.23. The zero-order chi connectivity index (χ0) is 23.0. The van der Waals surface area contributed by atoms with Crippen LogP contribution in [0.5, 0.6) is 28.7 Å². The first kappa shape index (κ1) is 22.8. The molecule has 0 aliphatic carbocycles. The lowest BCUT2D eigenvalue weighted by molar-refractivity contribution is 0.0198. The summed E-state index contributed by atoms with van der Waals surface area (Å²) in [6, 6.07) is 21.9. The highest BCUT2D eigenvalue weighted by Gasteiger charge is 2.32. The lowest BCUT2D eigenvalue weighted by atomic mass is 10.0. The molecule has 0 spiro atoms. The summed E-state index contributed by atoms with van der Waals surface area (Å²) in [5, 5.41) is 3.44. The summed E-state index contributed by atoms with van der Waals surface area (Å²) in [4.78, 5) is 0. The Kier molecular flexibility index (Phi) is 7.58. The number of fused-ring (bicyclic) bond motifs is 1. The van der Waals surface area contributed by atoms with Crippen LogP contribution in [0.4, 0.5) is 0 Å². The van der Waals surface area contributed by atoms with Crippen LogP contribution in [-0.4, -0.2) is 40.0 Å². The Morgan fingerprint density at radius 1 is 0.818 bits per heavy atom. The van der Waals surface area contributed by atoms with Gasteiger partial charge in [0.15, 0.2) is 35.2 Å². The van der Waals surface area contributed by atoms with Gasteiger partial charge >= 0.3 is 0 Å². The van der Waals surface area contributed by atoms with Gasteiger partial charge in [0.2, 0.25) is 5.75 Å². The van der Waals surface area contributed by atoms with Gasteiger partial charge in [0.25, 0.3) is 0 Å². The molecule has 0 saturated carbocycles. The van der Waals surface area contributed by atoms with Crippen molar-refractivity contribution >= 4 is 0 Å². The van der Waals surface area contributed by atoms with Gasteiger partial charge < -0.3 is 29.0 Å². The number of hydrogen-bond donors (Lipinski definition) is 1. The van der Waals surface area contributed by atoms with Gasteiger partial charge in [-0.2, -0.15) is 0 Å². The van der Waals surface area contributed by atoms with Crippen molar-refractivity contribution in [2.24, 2.45) is 0 Å². The van der Waals surface area contributed by atoms with E-state index in [2.05, 4.69) is 36.5 Å². The molecule has 0 radical (unpaired) electrons. The summed E-state index contributed by atoms with van der Waals surface area (Å²) < 4.78 is 29.4. The molecule has 2 atom stereocenters. The zero-order valence-corrected chi connectivity index (χ0v) is 19.4. The van der Waals surface area contributed by atoms with E-state index in [0.29, 0.717) is 36.9 Å². The van der Waals surface area contributed by atoms with Gasteiger partial charge in [0.05, 0.1) is 14.2 Å². The van der Waals surface area contributed by atoms with Crippen LogP contribution in [0.3, 0.4) is 0 Å². The van der Waals surface area contributed by atoms with Crippen molar-refractivity contribution in [1.29, 1.82) is 0 Å². The van der Waals surface area contributed by atoms with Gasteiger partial charge in [-0.25, -0.2) is 0 Å². The highest BCUT2D eigenvalue weighted by molar-refractivity contribution is 5.51. The van der Waals surface area contributed by atoms with Crippen LogP contribution in [0.2, 0.25) is 0 Å². The Hall–Kier alpha value is -3.38. The number of benzene rings is 3. The van der Waals surface area contributed by atoms with E-state index >= 15 is 0 Å². The molecule has 3 aromatic carbocycles. The second-order valence-electron chi connectivity index (χ2n) is 7.78. The van der Waals surface area contributed by atoms with E-state index < -0.39 is 0 Å². The minimum Gasteiger partial charge on any atom is -0.493 e. The van der Waals surface area contributed by atoms with Crippen LogP contribution < -0.4 is 29.0 Å². The molecule has 0 saturated heterocycles. The highest BCUT2D eigenvalue weighted by atomic mass is 16.6. The van der Waals surface area contributed by atoms with E-state index in [1.807, 2.05) is 42.5 Å². The lowest BCUT2D eigenvalue weighted by Gasteiger charge is -2.34. The monoisotopic (exact) mass is 449 g/mol. The Morgan fingerprint density at radius 2 is 1.48 bits per heavy atom. The molecule has 1 aliphatic heterocycles. The topological polar surface area (TPSA) is 58.2 Å². The number of ether oxygens (including phenoxy) is 5. The van der Waals surface area contributed by atoms with Gasteiger partial charge in [-0.05, 0) is 41.8 Å². The third kappa shape index (κ3) is 5.34. The molecular weight excluding hydrogens is 418 g/mol. The number of methoxy groups -OCH3 is 2. The van der Waals surface area contributed by atoms with Gasteiger partial charge in [-0.15, -0.1) is 0 Å². The van der Waals surface area contributed by atoms with Crippen molar-refractivity contribution in [1.82, 2.24) is 5.32 Å². The summed E-state index contributed by atoms with van der Waals surface area (Å²) in [5.74, 6) is 3.42. The third-order valence-electron chi connectivity index (χ3n) is 5.69. The van der Waals surface area contributed by atoms with E-state index in [4.69, 9.17) is 23.7 Å². The second-order valence-corrected chi connectivity index (χ2v) is 7.78. The fraction of sp³-hybridized carbons (Fsp3) is 0.333. The normalized spacial score (nSPS) is 16.8. The SMILES string of the molecule is CCc1ccc([C@@H]2Oc3ccccc3O[C@@H]2CNCCOc2c(OC)cccc2OC)cc1. The molecule has 6 heteroatoms. The molecule has 174 valence electrons. The number of para-hydroxylation sites is 3. The molecule has 0 fully saturated rings. The highest BCUT2D eigenvalue weighted by Crippen LogP contribution is 2.39. The zero-order valence-electron chi connectivity index (χ0n) is 19.4. The molecule has 1 N–H and O–H groups in total. The largest absolute Gasteiger partial charge is 0.493 e. The molecule has 6 nitrogen and oxygen atoms in total. The lowest BCUT2D eigenvalue weighted by Crippen LogP contribution is -2.42. The van der Waals surface area contributed by atoms with E-state index in [1.54, 1.807) is 14.2 Å². The predicted octanol–water partition coefficient (Wildman–Crippen LogP) is 4.82. The van der Waals surface area contributed by atoms with E-state index in [-0.39, 0.29) is 12.2 Å². The molecule has 4 rings (SSSR count). The maximum absolute atomic E-state index is 6.36. The number of nitrogens with one attached hydrogen (secondary N) is 1. The average molecular weight is 450 g/mol. The number of hydrogen-bond acceptors (Lipinski definition) is 6. The first-order valence-corrected chi connectivity index (χ1v) is 11.3. The van der Waals surface area contributed by atoms with Crippen LogP contribution in [0, 0.1) is 0 Å². The van der Waals surface area contributed by atoms with E-state index in [1.165, 1.54) is 5.56 Å². The molecule has 3 aromatic rings. The van der Waals surface area contributed by atoms with Crippen LogP contribution >= 0.6 is 0 Å². The fourth-order valence-corrected chi connectivity index (χ4v) is 3.89. The Morgan fingerprint density at radius 3 is 2.12 bits per heavy atom.